The molecular formula is C39H70O6. The van der Waals surface area contributed by atoms with Gasteiger partial charge in [0.1, 0.15) is 6.61 Å². The maximum absolute atomic E-state index is 12.1. The lowest BCUT2D eigenvalue weighted by atomic mass is 10.0. The molecule has 0 saturated heterocycles. The van der Waals surface area contributed by atoms with Crippen molar-refractivity contribution in [2.24, 2.45) is 0 Å². The van der Waals surface area contributed by atoms with Gasteiger partial charge in [0, 0.05) is 12.8 Å². The Morgan fingerprint density at radius 1 is 0.622 bits per heavy atom. The van der Waals surface area contributed by atoms with Crippen molar-refractivity contribution in [3.63, 3.8) is 0 Å². The molecular weight excluding hydrogens is 564 g/mol. The van der Waals surface area contributed by atoms with Crippen LogP contribution in [-0.4, -0.2) is 47.6 Å². The van der Waals surface area contributed by atoms with Gasteiger partial charge >= 0.3 is 11.9 Å². The summed E-state index contributed by atoms with van der Waals surface area (Å²) in [7, 11) is 0. The van der Waals surface area contributed by atoms with Gasteiger partial charge < -0.3 is 19.7 Å². The number of hydrogen-bond donors (Lipinski definition) is 2. The summed E-state index contributed by atoms with van der Waals surface area (Å²) in [6, 6.07) is 0. The van der Waals surface area contributed by atoms with Crippen molar-refractivity contribution in [1.82, 2.24) is 0 Å². The molecule has 262 valence electrons. The van der Waals surface area contributed by atoms with Crippen LogP contribution in [0.15, 0.2) is 36.5 Å². The standard InChI is InChI=1S/C39H70O6/c1-3-5-7-9-11-13-15-17-19-21-23-25-27-30-36(41)31-29-33-39(43)45-37(34-40)35-44-38(42)32-28-26-24-22-20-18-16-14-12-10-8-6-4-2/h17,19,23,25,27,30,36-37,40-41H,3-16,18,20-22,24,26,28-29,31-35H2,1-2H3/b19-17+,25-23+,30-27+/t36?,37-/m0/s1. The van der Waals surface area contributed by atoms with Crippen LogP contribution in [0.5, 0.6) is 0 Å². The van der Waals surface area contributed by atoms with E-state index in [-0.39, 0.29) is 19.0 Å². The summed E-state index contributed by atoms with van der Waals surface area (Å²) in [5, 5.41) is 19.6. The lowest BCUT2D eigenvalue weighted by molar-refractivity contribution is -0.161. The van der Waals surface area contributed by atoms with E-state index in [2.05, 4.69) is 32.1 Å². The monoisotopic (exact) mass is 635 g/mol. The van der Waals surface area contributed by atoms with E-state index in [9.17, 15) is 19.8 Å². The second-order valence-electron chi connectivity index (χ2n) is 12.5. The molecule has 2 N–H and O–H groups in total. The highest BCUT2D eigenvalue weighted by Crippen LogP contribution is 2.13. The van der Waals surface area contributed by atoms with Crippen LogP contribution >= 0.6 is 0 Å². The molecule has 0 aliphatic carbocycles. The van der Waals surface area contributed by atoms with Crippen molar-refractivity contribution < 1.29 is 29.3 Å². The fourth-order valence-corrected chi connectivity index (χ4v) is 5.15. The van der Waals surface area contributed by atoms with E-state index >= 15 is 0 Å². The van der Waals surface area contributed by atoms with Gasteiger partial charge in [-0.1, -0.05) is 159 Å². The van der Waals surface area contributed by atoms with Crippen LogP contribution in [0.25, 0.3) is 0 Å². The van der Waals surface area contributed by atoms with Crippen LogP contribution in [0.2, 0.25) is 0 Å². The third-order valence-corrected chi connectivity index (χ3v) is 8.04. The van der Waals surface area contributed by atoms with Crippen LogP contribution in [0.1, 0.15) is 174 Å². The first-order valence-electron chi connectivity index (χ1n) is 18.7. The quantitative estimate of drug-likeness (QED) is 0.0323. The Morgan fingerprint density at radius 3 is 1.73 bits per heavy atom. The van der Waals surface area contributed by atoms with Gasteiger partial charge in [0.2, 0.25) is 0 Å². The van der Waals surface area contributed by atoms with E-state index < -0.39 is 24.8 Å². The third kappa shape index (κ3) is 33.3. The number of esters is 2. The van der Waals surface area contributed by atoms with Crippen LogP contribution < -0.4 is 0 Å². The molecule has 0 aromatic heterocycles. The molecule has 0 heterocycles. The smallest absolute Gasteiger partial charge is 0.306 e. The second kappa shape index (κ2) is 34.9. The Morgan fingerprint density at radius 2 is 1.16 bits per heavy atom. The Labute approximate surface area is 277 Å². The lowest BCUT2D eigenvalue weighted by Gasteiger charge is -2.16. The second-order valence-corrected chi connectivity index (χ2v) is 12.5. The Bertz CT molecular complexity index is 744. The fraction of sp³-hybridized carbons (Fsp3) is 0.795. The van der Waals surface area contributed by atoms with Gasteiger partial charge in [-0.15, -0.1) is 0 Å². The van der Waals surface area contributed by atoms with Gasteiger partial charge in [0.15, 0.2) is 6.10 Å². The minimum atomic E-state index is -0.858. The van der Waals surface area contributed by atoms with E-state index in [0.29, 0.717) is 19.3 Å². The maximum Gasteiger partial charge on any atom is 0.306 e. The number of carbonyl (C=O) groups is 2. The zero-order valence-corrected chi connectivity index (χ0v) is 29.2. The maximum atomic E-state index is 12.1. The lowest BCUT2D eigenvalue weighted by Crippen LogP contribution is -2.28. The molecule has 0 spiro atoms. The van der Waals surface area contributed by atoms with Gasteiger partial charge in [0.25, 0.3) is 0 Å². The zero-order valence-electron chi connectivity index (χ0n) is 29.2. The molecule has 0 rings (SSSR count). The largest absolute Gasteiger partial charge is 0.462 e. The van der Waals surface area contributed by atoms with Gasteiger partial charge in [-0.25, -0.2) is 0 Å². The number of rotatable bonds is 33. The van der Waals surface area contributed by atoms with E-state index in [0.717, 1.165) is 32.1 Å². The van der Waals surface area contributed by atoms with Crippen molar-refractivity contribution in [3.8, 4) is 0 Å². The number of hydrogen-bond acceptors (Lipinski definition) is 6. The molecule has 1 unspecified atom stereocenters. The minimum absolute atomic E-state index is 0.132. The predicted molar refractivity (Wildman–Crippen MR) is 188 cm³/mol. The van der Waals surface area contributed by atoms with Gasteiger partial charge in [0.05, 0.1) is 12.7 Å². The number of aliphatic hydroxyl groups is 2. The first-order valence-corrected chi connectivity index (χ1v) is 18.7. The summed E-state index contributed by atoms with van der Waals surface area (Å²) in [6.07, 6.45) is 38.0. The molecule has 0 aromatic rings. The van der Waals surface area contributed by atoms with Gasteiger partial charge in [-0.05, 0) is 38.5 Å². The highest BCUT2D eigenvalue weighted by molar-refractivity contribution is 5.70. The van der Waals surface area contributed by atoms with Crippen molar-refractivity contribution >= 4 is 11.9 Å². The van der Waals surface area contributed by atoms with Crippen LogP contribution in [-0.2, 0) is 19.1 Å². The average molecular weight is 635 g/mol. The number of unbranched alkanes of at least 4 members (excludes halogenated alkanes) is 18. The van der Waals surface area contributed by atoms with E-state index in [1.807, 2.05) is 12.2 Å². The molecule has 0 aliphatic heterocycles. The molecule has 6 nitrogen and oxygen atoms in total. The number of ether oxygens (including phenoxy) is 2. The Balaban J connectivity index is 3.77. The van der Waals surface area contributed by atoms with Gasteiger partial charge in [-0.3, -0.25) is 9.59 Å². The third-order valence-electron chi connectivity index (χ3n) is 8.04. The first-order chi connectivity index (χ1) is 22.0. The summed E-state index contributed by atoms with van der Waals surface area (Å²) in [4.78, 5) is 24.2. The normalized spacial score (nSPS) is 13.2. The van der Waals surface area contributed by atoms with Crippen LogP contribution in [0.4, 0.5) is 0 Å². The summed E-state index contributed by atoms with van der Waals surface area (Å²) in [5.41, 5.74) is 0. The SMILES string of the molecule is CCCCCCCC/C=C/C/C=C/C=C/C(O)CCCC(=O)O[C@@H](CO)COC(=O)CCCCCCCCCCCCCCC. The molecule has 0 saturated carbocycles. The van der Waals surface area contributed by atoms with E-state index in [1.165, 1.54) is 103 Å². The summed E-state index contributed by atoms with van der Waals surface area (Å²) in [5.74, 6) is -0.786. The highest BCUT2D eigenvalue weighted by atomic mass is 16.6. The summed E-state index contributed by atoms with van der Waals surface area (Å²) in [6.45, 7) is 3.96. The number of carbonyl (C=O) groups excluding carboxylic acids is 2. The molecule has 45 heavy (non-hydrogen) atoms. The van der Waals surface area contributed by atoms with Crippen molar-refractivity contribution in [3.05, 3.63) is 36.5 Å². The molecule has 0 bridgehead atoms. The van der Waals surface area contributed by atoms with E-state index in [4.69, 9.17) is 9.47 Å². The fourth-order valence-electron chi connectivity index (χ4n) is 5.15. The van der Waals surface area contributed by atoms with Crippen LogP contribution in [0.3, 0.4) is 0 Å². The van der Waals surface area contributed by atoms with Crippen molar-refractivity contribution in [1.29, 1.82) is 0 Å². The average Bonchev–Trinajstić information content (AvgIpc) is 3.03. The molecule has 0 amide bonds. The summed E-state index contributed by atoms with van der Waals surface area (Å²) < 4.78 is 10.5. The predicted octanol–water partition coefficient (Wildman–Crippen LogP) is 10.3. The number of aliphatic hydroxyl groups excluding tert-OH is 2. The van der Waals surface area contributed by atoms with Crippen molar-refractivity contribution in [2.75, 3.05) is 13.2 Å². The Hall–Kier alpha value is -1.92. The van der Waals surface area contributed by atoms with Crippen LogP contribution in [0, 0.1) is 0 Å². The molecule has 2 atom stereocenters. The minimum Gasteiger partial charge on any atom is -0.462 e. The summed E-state index contributed by atoms with van der Waals surface area (Å²) >= 11 is 0. The molecule has 0 fully saturated rings. The van der Waals surface area contributed by atoms with E-state index in [1.54, 1.807) is 6.08 Å². The molecule has 0 aliphatic rings. The van der Waals surface area contributed by atoms with Crippen molar-refractivity contribution in [2.45, 2.75) is 187 Å². The topological polar surface area (TPSA) is 93.1 Å². The number of allylic oxidation sites excluding steroid dienone is 5. The molecule has 0 aromatic carbocycles. The highest BCUT2D eigenvalue weighted by Gasteiger charge is 2.16. The molecule has 6 heteroatoms. The Kier molecular flexibility index (Phi) is 33.5. The van der Waals surface area contributed by atoms with Gasteiger partial charge in [-0.2, -0.15) is 0 Å². The zero-order chi connectivity index (χ0) is 33.1. The first kappa shape index (κ1) is 43.1. The molecule has 0 radical (unpaired) electrons.